The Kier molecular flexibility index (Phi) is 4.52. The Balaban J connectivity index is 1.84. The Labute approximate surface area is 140 Å². The van der Waals surface area contributed by atoms with Crippen LogP contribution in [0.4, 0.5) is 5.82 Å². The van der Waals surface area contributed by atoms with Crippen molar-refractivity contribution in [1.82, 2.24) is 9.97 Å². The van der Waals surface area contributed by atoms with E-state index in [2.05, 4.69) is 20.5 Å². The van der Waals surface area contributed by atoms with Crippen LogP contribution >= 0.6 is 0 Å². The van der Waals surface area contributed by atoms with Crippen LogP contribution in [0.1, 0.15) is 18.2 Å². The van der Waals surface area contributed by atoms with Crippen LogP contribution in [-0.2, 0) is 0 Å². The maximum atomic E-state index is 9.34. The first-order valence-corrected chi connectivity index (χ1v) is 7.62. The molecular weight excluding hydrogens is 300 g/mol. The average Bonchev–Trinajstić information content (AvgIpc) is 2.60. The van der Waals surface area contributed by atoms with E-state index < -0.39 is 0 Å². The SMILES string of the molecule is C/C(=N\Nc1cc(C)nc(-c2ccccc2)n1)c1ccc(O)cc1. The molecule has 3 rings (SSSR count). The first-order valence-electron chi connectivity index (χ1n) is 7.62. The molecular formula is C19H18N4O. The number of nitrogens with zero attached hydrogens (tertiary/aromatic N) is 3. The van der Waals surface area contributed by atoms with E-state index in [-0.39, 0.29) is 5.75 Å². The molecule has 0 fully saturated rings. The number of aromatic nitrogens is 2. The second kappa shape index (κ2) is 6.91. The van der Waals surface area contributed by atoms with Crippen LogP contribution in [0, 0.1) is 6.92 Å². The number of phenolic OH excluding ortho intramolecular Hbond substituents is 1. The predicted molar refractivity (Wildman–Crippen MR) is 96.1 cm³/mol. The maximum absolute atomic E-state index is 9.34. The van der Waals surface area contributed by atoms with E-state index in [1.54, 1.807) is 12.1 Å². The number of aryl methyl sites for hydroxylation is 1. The lowest BCUT2D eigenvalue weighted by molar-refractivity contribution is 0.475. The number of phenols is 1. The number of rotatable bonds is 4. The molecule has 0 saturated heterocycles. The van der Waals surface area contributed by atoms with Gasteiger partial charge in [-0.3, -0.25) is 5.43 Å². The smallest absolute Gasteiger partial charge is 0.161 e. The molecule has 0 aliphatic heterocycles. The predicted octanol–water partition coefficient (Wildman–Crippen LogP) is 3.99. The molecule has 0 unspecified atom stereocenters. The summed E-state index contributed by atoms with van der Waals surface area (Å²) in [6.07, 6.45) is 0. The van der Waals surface area contributed by atoms with Crippen molar-refractivity contribution in [2.24, 2.45) is 5.10 Å². The molecule has 24 heavy (non-hydrogen) atoms. The fourth-order valence-corrected chi connectivity index (χ4v) is 2.25. The highest BCUT2D eigenvalue weighted by atomic mass is 16.3. The minimum atomic E-state index is 0.235. The Morgan fingerprint density at radius 1 is 1.00 bits per heavy atom. The molecule has 0 radical (unpaired) electrons. The number of anilines is 1. The van der Waals surface area contributed by atoms with E-state index in [1.807, 2.05) is 62.4 Å². The van der Waals surface area contributed by atoms with Crippen LogP contribution < -0.4 is 5.43 Å². The molecule has 5 nitrogen and oxygen atoms in total. The van der Waals surface area contributed by atoms with E-state index in [4.69, 9.17) is 0 Å². The Hall–Kier alpha value is -3.21. The van der Waals surface area contributed by atoms with Gasteiger partial charge in [0.05, 0.1) is 5.71 Å². The molecule has 0 bridgehead atoms. The van der Waals surface area contributed by atoms with Gasteiger partial charge in [0.1, 0.15) is 5.75 Å². The molecule has 1 aromatic heterocycles. The first kappa shape index (κ1) is 15.7. The summed E-state index contributed by atoms with van der Waals surface area (Å²) in [5.74, 6) is 1.54. The average molecular weight is 318 g/mol. The van der Waals surface area contributed by atoms with Crippen LogP contribution in [-0.4, -0.2) is 20.8 Å². The molecule has 0 aliphatic carbocycles. The molecule has 2 N–H and O–H groups in total. The number of aromatic hydroxyl groups is 1. The molecule has 0 aliphatic rings. The second-order valence-electron chi connectivity index (χ2n) is 5.44. The summed E-state index contributed by atoms with van der Waals surface area (Å²) in [5.41, 5.74) is 6.53. The zero-order valence-electron chi connectivity index (χ0n) is 13.6. The number of nitrogens with one attached hydrogen (secondary N) is 1. The van der Waals surface area contributed by atoms with E-state index in [9.17, 15) is 5.11 Å². The van der Waals surface area contributed by atoms with Gasteiger partial charge < -0.3 is 5.11 Å². The Morgan fingerprint density at radius 3 is 2.42 bits per heavy atom. The van der Waals surface area contributed by atoms with Gasteiger partial charge in [0.15, 0.2) is 11.6 Å². The lowest BCUT2D eigenvalue weighted by atomic mass is 10.1. The molecule has 0 amide bonds. The topological polar surface area (TPSA) is 70.4 Å². The standard InChI is InChI=1S/C19H18N4O/c1-13-12-18(21-19(20-13)16-6-4-3-5-7-16)23-22-14(2)15-8-10-17(24)11-9-15/h3-12,24H,1-2H3,(H,20,21,23)/b22-14+. The van der Waals surface area contributed by atoms with Gasteiger partial charge in [-0.15, -0.1) is 0 Å². The number of benzene rings is 2. The summed E-state index contributed by atoms with van der Waals surface area (Å²) >= 11 is 0. The van der Waals surface area contributed by atoms with Gasteiger partial charge >= 0.3 is 0 Å². The summed E-state index contributed by atoms with van der Waals surface area (Å²) in [5, 5.41) is 13.7. The summed E-state index contributed by atoms with van der Waals surface area (Å²) < 4.78 is 0. The van der Waals surface area contributed by atoms with Crippen molar-refractivity contribution in [2.75, 3.05) is 5.43 Å². The molecule has 1 heterocycles. The van der Waals surface area contributed by atoms with Gasteiger partial charge in [0.2, 0.25) is 0 Å². The second-order valence-corrected chi connectivity index (χ2v) is 5.44. The number of hydrogen-bond acceptors (Lipinski definition) is 5. The van der Waals surface area contributed by atoms with Crippen molar-refractivity contribution in [1.29, 1.82) is 0 Å². The zero-order chi connectivity index (χ0) is 16.9. The van der Waals surface area contributed by atoms with Crippen molar-refractivity contribution < 1.29 is 5.11 Å². The van der Waals surface area contributed by atoms with Crippen molar-refractivity contribution in [2.45, 2.75) is 13.8 Å². The monoisotopic (exact) mass is 318 g/mol. The third kappa shape index (κ3) is 3.76. The van der Waals surface area contributed by atoms with Gasteiger partial charge in [-0.1, -0.05) is 30.3 Å². The van der Waals surface area contributed by atoms with Crippen LogP contribution in [0.25, 0.3) is 11.4 Å². The van der Waals surface area contributed by atoms with Crippen LogP contribution in [0.3, 0.4) is 0 Å². The maximum Gasteiger partial charge on any atom is 0.161 e. The van der Waals surface area contributed by atoms with E-state index in [0.717, 1.165) is 22.5 Å². The molecule has 5 heteroatoms. The van der Waals surface area contributed by atoms with Crippen molar-refractivity contribution in [3.8, 4) is 17.1 Å². The minimum Gasteiger partial charge on any atom is -0.508 e. The Morgan fingerprint density at radius 2 is 1.71 bits per heavy atom. The van der Waals surface area contributed by atoms with Crippen molar-refractivity contribution >= 4 is 11.5 Å². The lowest BCUT2D eigenvalue weighted by Crippen LogP contribution is -2.02. The van der Waals surface area contributed by atoms with E-state index in [1.165, 1.54) is 0 Å². The fourth-order valence-electron chi connectivity index (χ4n) is 2.25. The van der Waals surface area contributed by atoms with Crippen molar-refractivity contribution in [3.05, 3.63) is 71.9 Å². The minimum absolute atomic E-state index is 0.235. The lowest BCUT2D eigenvalue weighted by Gasteiger charge is -2.07. The third-order valence-electron chi connectivity index (χ3n) is 3.51. The van der Waals surface area contributed by atoms with Gasteiger partial charge in [0.25, 0.3) is 0 Å². The summed E-state index contributed by atoms with van der Waals surface area (Å²) in [4.78, 5) is 8.99. The van der Waals surface area contributed by atoms with Crippen LogP contribution in [0.2, 0.25) is 0 Å². The molecule has 3 aromatic rings. The fraction of sp³-hybridized carbons (Fsp3) is 0.105. The zero-order valence-corrected chi connectivity index (χ0v) is 13.6. The molecule has 2 aromatic carbocycles. The van der Waals surface area contributed by atoms with Gasteiger partial charge in [-0.05, 0) is 43.7 Å². The van der Waals surface area contributed by atoms with Gasteiger partial charge in [0, 0.05) is 17.3 Å². The highest BCUT2D eigenvalue weighted by Crippen LogP contribution is 2.17. The van der Waals surface area contributed by atoms with Crippen LogP contribution in [0.15, 0.2) is 65.8 Å². The number of hydrogen-bond donors (Lipinski definition) is 2. The van der Waals surface area contributed by atoms with Gasteiger partial charge in [-0.25, -0.2) is 9.97 Å². The first-order chi connectivity index (χ1) is 11.6. The largest absolute Gasteiger partial charge is 0.508 e. The van der Waals surface area contributed by atoms with E-state index in [0.29, 0.717) is 11.6 Å². The summed E-state index contributed by atoms with van der Waals surface area (Å²) in [6, 6.07) is 18.6. The third-order valence-corrected chi connectivity index (χ3v) is 3.51. The molecule has 120 valence electrons. The van der Waals surface area contributed by atoms with Gasteiger partial charge in [-0.2, -0.15) is 5.10 Å². The summed E-state index contributed by atoms with van der Waals surface area (Å²) in [6.45, 7) is 3.82. The molecule has 0 atom stereocenters. The Bertz CT molecular complexity index is 858. The molecule has 0 spiro atoms. The normalized spacial score (nSPS) is 11.3. The summed E-state index contributed by atoms with van der Waals surface area (Å²) in [7, 11) is 0. The number of hydrazone groups is 1. The van der Waals surface area contributed by atoms with Crippen molar-refractivity contribution in [3.63, 3.8) is 0 Å². The molecule has 0 saturated carbocycles. The van der Waals surface area contributed by atoms with Crippen LogP contribution in [0.5, 0.6) is 5.75 Å². The quantitative estimate of drug-likeness (QED) is 0.563. The van der Waals surface area contributed by atoms with E-state index >= 15 is 0 Å². The highest BCUT2D eigenvalue weighted by molar-refractivity contribution is 5.99. The highest BCUT2D eigenvalue weighted by Gasteiger charge is 2.05.